The van der Waals surface area contributed by atoms with Gasteiger partial charge in [0.2, 0.25) is 5.69 Å². The van der Waals surface area contributed by atoms with Crippen molar-refractivity contribution in [1.82, 2.24) is 0 Å². The molecule has 0 fully saturated rings. The average Bonchev–Trinajstić information content (AvgIpc) is 2.97. The summed E-state index contributed by atoms with van der Waals surface area (Å²) in [5, 5.41) is 2.77. The predicted octanol–water partition coefficient (Wildman–Crippen LogP) is 3.74. The second-order valence-corrected chi connectivity index (χ2v) is 5.18. The molecule has 1 heteroatoms. The Balaban J connectivity index is 2.07. The molecule has 1 aromatic heterocycles. The highest BCUT2D eigenvalue weighted by atomic mass is 15.0. The maximum absolute atomic E-state index is 2.50. The zero-order valence-electron chi connectivity index (χ0n) is 10.8. The van der Waals surface area contributed by atoms with Crippen LogP contribution >= 0.6 is 0 Å². The van der Waals surface area contributed by atoms with Gasteiger partial charge in [-0.3, -0.25) is 0 Å². The molecule has 3 aromatic rings. The normalized spacial score (nSPS) is 13.7. The van der Waals surface area contributed by atoms with Crippen molar-refractivity contribution in [2.24, 2.45) is 0 Å². The Morgan fingerprint density at radius 1 is 0.842 bits per heavy atom. The number of aryl methyl sites for hydroxylation is 1. The van der Waals surface area contributed by atoms with Crippen molar-refractivity contribution in [2.45, 2.75) is 19.4 Å². The fourth-order valence-corrected chi connectivity index (χ4v) is 3.18. The second-order valence-electron chi connectivity index (χ2n) is 5.18. The molecule has 0 aliphatic carbocycles. The van der Waals surface area contributed by atoms with E-state index in [9.17, 15) is 0 Å². The third kappa shape index (κ3) is 1.66. The lowest BCUT2D eigenvalue weighted by Gasteiger charge is -2.06. The first-order valence-electron chi connectivity index (χ1n) is 6.93. The number of nitrogens with zero attached hydrogens (tertiary/aromatic N) is 1. The zero-order valence-corrected chi connectivity index (χ0v) is 10.8. The van der Waals surface area contributed by atoms with E-state index in [0.29, 0.717) is 0 Å². The van der Waals surface area contributed by atoms with Crippen LogP contribution in [0, 0.1) is 0 Å². The molecule has 1 aliphatic heterocycles. The summed E-state index contributed by atoms with van der Waals surface area (Å²) in [6.45, 7) is 1.14. The first-order chi connectivity index (χ1) is 9.43. The van der Waals surface area contributed by atoms with Crippen molar-refractivity contribution in [3.8, 4) is 11.3 Å². The number of hydrogen-bond donors (Lipinski definition) is 0. The van der Waals surface area contributed by atoms with Gasteiger partial charge in [0.05, 0.1) is 0 Å². The SMILES string of the molecule is c1ccc(-c2cc3ccccc3c3[n+]2CCC3)cc1. The lowest BCUT2D eigenvalue weighted by atomic mass is 10.0. The molecular weight excluding hydrogens is 230 g/mol. The van der Waals surface area contributed by atoms with Crippen LogP contribution in [0.2, 0.25) is 0 Å². The van der Waals surface area contributed by atoms with Crippen LogP contribution in [0.25, 0.3) is 22.0 Å². The molecule has 0 radical (unpaired) electrons. The van der Waals surface area contributed by atoms with E-state index in [1.54, 1.807) is 0 Å². The zero-order chi connectivity index (χ0) is 12.7. The van der Waals surface area contributed by atoms with Crippen LogP contribution in [0.1, 0.15) is 12.1 Å². The topological polar surface area (TPSA) is 3.88 Å². The summed E-state index contributed by atoms with van der Waals surface area (Å²) in [4.78, 5) is 0. The van der Waals surface area contributed by atoms with Gasteiger partial charge in [-0.25, -0.2) is 0 Å². The highest BCUT2D eigenvalue weighted by Crippen LogP contribution is 2.26. The summed E-state index contributed by atoms with van der Waals surface area (Å²) in [5.74, 6) is 0. The number of pyridine rings is 1. The molecule has 2 heterocycles. The Bertz CT molecular complexity index is 744. The van der Waals surface area contributed by atoms with Crippen LogP contribution in [0.3, 0.4) is 0 Å². The summed E-state index contributed by atoms with van der Waals surface area (Å²) >= 11 is 0. The summed E-state index contributed by atoms with van der Waals surface area (Å²) < 4.78 is 2.50. The van der Waals surface area contributed by atoms with Gasteiger partial charge in [0, 0.05) is 29.9 Å². The minimum Gasteiger partial charge on any atom is -0.195 e. The molecule has 19 heavy (non-hydrogen) atoms. The van der Waals surface area contributed by atoms with Gasteiger partial charge in [-0.15, -0.1) is 0 Å². The molecule has 0 saturated heterocycles. The van der Waals surface area contributed by atoms with Crippen molar-refractivity contribution in [2.75, 3.05) is 0 Å². The highest BCUT2D eigenvalue weighted by Gasteiger charge is 2.26. The van der Waals surface area contributed by atoms with Crippen LogP contribution < -0.4 is 4.57 Å². The molecule has 0 saturated carbocycles. The van der Waals surface area contributed by atoms with Crippen LogP contribution in [-0.4, -0.2) is 0 Å². The molecule has 0 N–H and O–H groups in total. The Kier molecular flexibility index (Phi) is 2.37. The Morgan fingerprint density at radius 2 is 1.63 bits per heavy atom. The molecule has 2 aromatic carbocycles. The van der Waals surface area contributed by atoms with E-state index in [1.807, 2.05) is 0 Å². The lowest BCUT2D eigenvalue weighted by Crippen LogP contribution is -2.35. The maximum Gasteiger partial charge on any atom is 0.213 e. The molecule has 1 aliphatic rings. The molecule has 0 amide bonds. The van der Waals surface area contributed by atoms with Gasteiger partial charge in [0.1, 0.15) is 6.54 Å². The maximum atomic E-state index is 2.50. The van der Waals surface area contributed by atoms with Crippen LogP contribution in [0.4, 0.5) is 0 Å². The van der Waals surface area contributed by atoms with Gasteiger partial charge < -0.3 is 0 Å². The molecule has 92 valence electrons. The van der Waals surface area contributed by atoms with E-state index in [2.05, 4.69) is 65.2 Å². The Labute approximate surface area is 113 Å². The van der Waals surface area contributed by atoms with Crippen molar-refractivity contribution in [3.05, 3.63) is 66.4 Å². The molecule has 0 bridgehead atoms. The van der Waals surface area contributed by atoms with E-state index in [-0.39, 0.29) is 0 Å². The molecule has 4 rings (SSSR count). The quantitative estimate of drug-likeness (QED) is 0.576. The molecule has 1 nitrogen and oxygen atoms in total. The van der Waals surface area contributed by atoms with E-state index >= 15 is 0 Å². The smallest absolute Gasteiger partial charge is 0.195 e. The van der Waals surface area contributed by atoms with Crippen LogP contribution in [0.5, 0.6) is 0 Å². The monoisotopic (exact) mass is 246 g/mol. The molecule has 0 atom stereocenters. The summed E-state index contributed by atoms with van der Waals surface area (Å²) in [6.07, 6.45) is 2.45. The van der Waals surface area contributed by atoms with Gasteiger partial charge in [0.15, 0.2) is 5.69 Å². The standard InChI is InChI=1S/C18H16N/c1-2-7-14(8-3-1)18-13-15-9-4-5-10-16(15)17-11-6-12-19(17)18/h1-5,7-10,13H,6,11-12H2/q+1. The fraction of sp³-hybridized carbons (Fsp3) is 0.167. The van der Waals surface area contributed by atoms with Gasteiger partial charge in [0.25, 0.3) is 0 Å². The first kappa shape index (κ1) is 10.7. The Hall–Kier alpha value is -2.15. The van der Waals surface area contributed by atoms with Crippen LogP contribution in [0.15, 0.2) is 60.7 Å². The van der Waals surface area contributed by atoms with Gasteiger partial charge in [-0.1, -0.05) is 36.4 Å². The average molecular weight is 246 g/mol. The van der Waals surface area contributed by atoms with Crippen molar-refractivity contribution < 1.29 is 4.57 Å². The largest absolute Gasteiger partial charge is 0.213 e. The molecule has 0 spiro atoms. The van der Waals surface area contributed by atoms with Crippen LogP contribution in [-0.2, 0) is 13.0 Å². The van der Waals surface area contributed by atoms with E-state index < -0.39 is 0 Å². The van der Waals surface area contributed by atoms with E-state index in [4.69, 9.17) is 0 Å². The summed E-state index contributed by atoms with van der Waals surface area (Å²) in [6, 6.07) is 21.8. The van der Waals surface area contributed by atoms with Gasteiger partial charge in [-0.05, 0) is 23.6 Å². The van der Waals surface area contributed by atoms with Gasteiger partial charge in [-0.2, -0.15) is 4.57 Å². The van der Waals surface area contributed by atoms with Crippen molar-refractivity contribution >= 4 is 10.8 Å². The number of benzene rings is 2. The summed E-state index contributed by atoms with van der Waals surface area (Å²) in [7, 11) is 0. The van der Waals surface area contributed by atoms with Crippen molar-refractivity contribution in [3.63, 3.8) is 0 Å². The third-order valence-corrected chi connectivity index (χ3v) is 4.05. The minimum absolute atomic E-state index is 1.14. The van der Waals surface area contributed by atoms with Gasteiger partial charge >= 0.3 is 0 Å². The summed E-state index contributed by atoms with van der Waals surface area (Å²) in [5.41, 5.74) is 4.17. The highest BCUT2D eigenvalue weighted by molar-refractivity contribution is 5.86. The minimum atomic E-state index is 1.14. The number of fused-ring (bicyclic) bond motifs is 3. The first-order valence-corrected chi connectivity index (χ1v) is 6.93. The molecular formula is C18H16N+. The predicted molar refractivity (Wildman–Crippen MR) is 77.9 cm³/mol. The fourth-order valence-electron chi connectivity index (χ4n) is 3.18. The van der Waals surface area contributed by atoms with Crippen molar-refractivity contribution in [1.29, 1.82) is 0 Å². The number of rotatable bonds is 1. The Morgan fingerprint density at radius 3 is 2.53 bits per heavy atom. The lowest BCUT2D eigenvalue weighted by molar-refractivity contribution is -0.678. The van der Waals surface area contributed by atoms with E-state index in [1.165, 1.54) is 40.6 Å². The second kappa shape index (κ2) is 4.20. The third-order valence-electron chi connectivity index (χ3n) is 4.05. The van der Waals surface area contributed by atoms with E-state index in [0.717, 1.165) is 6.54 Å². The molecule has 0 unspecified atom stereocenters. The number of aromatic nitrogens is 1. The number of hydrogen-bond acceptors (Lipinski definition) is 0.